The van der Waals surface area contributed by atoms with Gasteiger partial charge in [0.2, 0.25) is 0 Å². The summed E-state index contributed by atoms with van der Waals surface area (Å²) in [7, 11) is 0. The van der Waals surface area contributed by atoms with Crippen LogP contribution in [0.4, 0.5) is 0 Å². The molecule has 1 aliphatic rings. The Morgan fingerprint density at radius 2 is 2.47 bits per heavy atom. The molecule has 2 heterocycles. The third-order valence-electron chi connectivity index (χ3n) is 2.76. The highest BCUT2D eigenvalue weighted by atomic mass is 32.1. The molecule has 0 amide bonds. The summed E-state index contributed by atoms with van der Waals surface area (Å²) in [6.45, 7) is 7.49. The van der Waals surface area contributed by atoms with Crippen molar-refractivity contribution in [2.75, 3.05) is 13.1 Å². The number of nitrogens with two attached hydrogens (primary N) is 1. The number of aromatic nitrogens is 1. The molecule has 0 aromatic carbocycles. The fraction of sp³-hybridized carbons (Fsp3) is 0.727. The van der Waals surface area contributed by atoms with Crippen LogP contribution in [0.5, 0.6) is 0 Å². The van der Waals surface area contributed by atoms with Crippen LogP contribution in [-0.2, 0) is 6.54 Å². The SMILES string of the molecule is CC(C)c1nc(CN2CC[C@@H](N)C2)cs1. The van der Waals surface area contributed by atoms with E-state index in [0.717, 1.165) is 26.1 Å². The van der Waals surface area contributed by atoms with E-state index in [1.165, 1.54) is 10.7 Å². The molecule has 0 radical (unpaired) electrons. The zero-order valence-corrected chi connectivity index (χ0v) is 10.3. The van der Waals surface area contributed by atoms with E-state index in [1.54, 1.807) is 11.3 Å². The van der Waals surface area contributed by atoms with Crippen LogP contribution in [-0.4, -0.2) is 29.0 Å². The first-order chi connectivity index (χ1) is 7.15. The predicted octanol–water partition coefficient (Wildman–Crippen LogP) is 1.80. The topological polar surface area (TPSA) is 42.2 Å². The van der Waals surface area contributed by atoms with Crippen molar-refractivity contribution in [2.45, 2.75) is 38.8 Å². The summed E-state index contributed by atoms with van der Waals surface area (Å²) in [5.41, 5.74) is 7.08. The molecular formula is C11H19N3S. The Morgan fingerprint density at radius 3 is 3.00 bits per heavy atom. The molecule has 3 nitrogen and oxygen atoms in total. The minimum absolute atomic E-state index is 0.369. The normalized spacial score (nSPS) is 22.8. The van der Waals surface area contributed by atoms with Gasteiger partial charge in [0.15, 0.2) is 0 Å². The monoisotopic (exact) mass is 225 g/mol. The highest BCUT2D eigenvalue weighted by Crippen LogP contribution is 2.20. The zero-order chi connectivity index (χ0) is 10.8. The number of rotatable bonds is 3. The molecule has 2 rings (SSSR count). The van der Waals surface area contributed by atoms with Crippen molar-refractivity contribution < 1.29 is 0 Å². The Kier molecular flexibility index (Phi) is 3.38. The van der Waals surface area contributed by atoms with Crippen LogP contribution in [0.2, 0.25) is 0 Å². The van der Waals surface area contributed by atoms with Crippen LogP contribution in [0.25, 0.3) is 0 Å². The molecule has 1 aliphatic heterocycles. The Labute approximate surface area is 95.3 Å². The lowest BCUT2D eigenvalue weighted by molar-refractivity contribution is 0.323. The van der Waals surface area contributed by atoms with Gasteiger partial charge < -0.3 is 5.73 Å². The van der Waals surface area contributed by atoms with E-state index < -0.39 is 0 Å². The number of hydrogen-bond donors (Lipinski definition) is 1. The van der Waals surface area contributed by atoms with Crippen LogP contribution >= 0.6 is 11.3 Å². The maximum absolute atomic E-state index is 5.87. The quantitative estimate of drug-likeness (QED) is 0.853. The molecule has 4 heteroatoms. The zero-order valence-electron chi connectivity index (χ0n) is 9.44. The minimum Gasteiger partial charge on any atom is -0.326 e. The molecule has 0 spiro atoms. The molecule has 2 N–H and O–H groups in total. The van der Waals surface area contributed by atoms with Gasteiger partial charge in [-0.3, -0.25) is 4.90 Å². The first-order valence-electron chi connectivity index (χ1n) is 5.57. The smallest absolute Gasteiger partial charge is 0.0954 e. The van der Waals surface area contributed by atoms with Gasteiger partial charge >= 0.3 is 0 Å². The lowest BCUT2D eigenvalue weighted by Gasteiger charge is -2.12. The van der Waals surface area contributed by atoms with Gasteiger partial charge in [-0.2, -0.15) is 0 Å². The second-order valence-corrected chi connectivity index (χ2v) is 5.51. The Bertz CT molecular complexity index is 321. The first kappa shape index (κ1) is 11.0. The molecule has 1 aromatic heterocycles. The summed E-state index contributed by atoms with van der Waals surface area (Å²) in [6, 6.07) is 0.369. The van der Waals surface area contributed by atoms with Gasteiger partial charge in [-0.25, -0.2) is 4.98 Å². The predicted molar refractivity (Wildman–Crippen MR) is 64.1 cm³/mol. The maximum atomic E-state index is 5.87. The summed E-state index contributed by atoms with van der Waals surface area (Å²) >= 11 is 1.77. The Hall–Kier alpha value is -0.450. The van der Waals surface area contributed by atoms with Crippen LogP contribution in [0, 0.1) is 0 Å². The van der Waals surface area contributed by atoms with E-state index in [9.17, 15) is 0 Å². The summed E-state index contributed by atoms with van der Waals surface area (Å²) in [5, 5.41) is 3.42. The van der Waals surface area contributed by atoms with Gasteiger partial charge in [-0.05, 0) is 6.42 Å². The Morgan fingerprint density at radius 1 is 1.67 bits per heavy atom. The van der Waals surface area contributed by atoms with Crippen LogP contribution in [0.3, 0.4) is 0 Å². The molecule has 0 saturated carbocycles. The first-order valence-corrected chi connectivity index (χ1v) is 6.45. The number of thiazole rings is 1. The largest absolute Gasteiger partial charge is 0.326 e. The van der Waals surface area contributed by atoms with Crippen molar-refractivity contribution in [3.05, 3.63) is 16.1 Å². The van der Waals surface area contributed by atoms with Gasteiger partial charge in [0.05, 0.1) is 10.7 Å². The van der Waals surface area contributed by atoms with Gasteiger partial charge in [0.1, 0.15) is 0 Å². The van der Waals surface area contributed by atoms with E-state index in [2.05, 4.69) is 29.1 Å². The molecule has 1 atom stereocenters. The van der Waals surface area contributed by atoms with Crippen molar-refractivity contribution >= 4 is 11.3 Å². The van der Waals surface area contributed by atoms with Gasteiger partial charge in [-0.15, -0.1) is 11.3 Å². The molecule has 1 aromatic rings. The third kappa shape index (κ3) is 2.77. The molecule has 84 valence electrons. The highest BCUT2D eigenvalue weighted by Gasteiger charge is 2.19. The van der Waals surface area contributed by atoms with Crippen molar-refractivity contribution in [3.63, 3.8) is 0 Å². The van der Waals surface area contributed by atoms with Crippen LogP contribution in [0.1, 0.15) is 36.9 Å². The Balaban J connectivity index is 1.93. The van der Waals surface area contributed by atoms with E-state index in [-0.39, 0.29) is 0 Å². The summed E-state index contributed by atoms with van der Waals surface area (Å²) in [6.07, 6.45) is 1.13. The standard InChI is InChI=1S/C11H19N3S/c1-8(2)11-13-10(7-15-11)6-14-4-3-9(12)5-14/h7-9H,3-6,12H2,1-2H3/t9-/m1/s1. The maximum Gasteiger partial charge on any atom is 0.0954 e. The van der Waals surface area contributed by atoms with Gasteiger partial charge in [-0.1, -0.05) is 13.8 Å². The van der Waals surface area contributed by atoms with Crippen molar-refractivity contribution in [2.24, 2.45) is 5.73 Å². The molecule has 1 fully saturated rings. The molecule has 1 saturated heterocycles. The third-order valence-corrected chi connectivity index (χ3v) is 3.95. The molecule has 15 heavy (non-hydrogen) atoms. The number of hydrogen-bond acceptors (Lipinski definition) is 4. The van der Waals surface area contributed by atoms with E-state index in [1.807, 2.05) is 0 Å². The fourth-order valence-corrected chi connectivity index (χ4v) is 2.72. The lowest BCUT2D eigenvalue weighted by atomic mass is 10.2. The summed E-state index contributed by atoms with van der Waals surface area (Å²) < 4.78 is 0. The second kappa shape index (κ2) is 4.60. The molecule has 0 aliphatic carbocycles. The molecular weight excluding hydrogens is 206 g/mol. The van der Waals surface area contributed by atoms with Gasteiger partial charge in [0, 0.05) is 37.0 Å². The van der Waals surface area contributed by atoms with Crippen molar-refractivity contribution in [1.82, 2.24) is 9.88 Å². The minimum atomic E-state index is 0.369. The van der Waals surface area contributed by atoms with E-state index in [0.29, 0.717) is 12.0 Å². The van der Waals surface area contributed by atoms with Crippen molar-refractivity contribution in [1.29, 1.82) is 0 Å². The van der Waals surface area contributed by atoms with Crippen LogP contribution < -0.4 is 5.73 Å². The summed E-state index contributed by atoms with van der Waals surface area (Å²) in [5.74, 6) is 0.546. The highest BCUT2D eigenvalue weighted by molar-refractivity contribution is 7.09. The average Bonchev–Trinajstić information content (AvgIpc) is 2.76. The van der Waals surface area contributed by atoms with Crippen LogP contribution in [0.15, 0.2) is 5.38 Å². The van der Waals surface area contributed by atoms with Crippen molar-refractivity contribution in [3.8, 4) is 0 Å². The summed E-state index contributed by atoms with van der Waals surface area (Å²) in [4.78, 5) is 7.03. The number of nitrogens with zero attached hydrogens (tertiary/aromatic N) is 2. The molecule has 0 bridgehead atoms. The second-order valence-electron chi connectivity index (χ2n) is 4.62. The van der Waals surface area contributed by atoms with Gasteiger partial charge in [0.25, 0.3) is 0 Å². The van der Waals surface area contributed by atoms with E-state index >= 15 is 0 Å². The average molecular weight is 225 g/mol. The van der Waals surface area contributed by atoms with E-state index in [4.69, 9.17) is 5.73 Å². The fourth-order valence-electron chi connectivity index (χ4n) is 1.90. The lowest BCUT2D eigenvalue weighted by Crippen LogP contribution is -2.26. The molecule has 0 unspecified atom stereocenters. The number of likely N-dealkylation sites (tertiary alicyclic amines) is 1.